The number of fused-ring (bicyclic) bond motifs is 2. The molecule has 1 atom stereocenters. The summed E-state index contributed by atoms with van der Waals surface area (Å²) >= 11 is 0. The van der Waals surface area contributed by atoms with Gasteiger partial charge in [0.2, 0.25) is 0 Å². The summed E-state index contributed by atoms with van der Waals surface area (Å²) in [6.07, 6.45) is 4.67. The van der Waals surface area contributed by atoms with Crippen molar-refractivity contribution in [3.8, 4) is 0 Å². The molecule has 1 N–H and O–H groups in total. The quantitative estimate of drug-likeness (QED) is 0.365. The Kier molecular flexibility index (Phi) is 6.03. The third-order valence-corrected chi connectivity index (χ3v) is 5.08. The maximum absolute atomic E-state index is 12.3. The Labute approximate surface area is 180 Å². The van der Waals surface area contributed by atoms with Crippen molar-refractivity contribution in [1.82, 2.24) is 10.3 Å². The van der Waals surface area contributed by atoms with E-state index in [0.29, 0.717) is 0 Å². The number of benzene rings is 3. The number of nitrogens with one attached hydrogen (secondary N) is 1. The van der Waals surface area contributed by atoms with Gasteiger partial charge < -0.3 is 10.1 Å². The molecule has 0 aliphatic heterocycles. The SMILES string of the molecule is C[C@@H](NC(=O)COC(=O)/C=C\c1cccc2cccnc12)c1cccc2ccccc12. The third-order valence-electron chi connectivity index (χ3n) is 5.08. The smallest absolute Gasteiger partial charge is 0.331 e. The predicted octanol–water partition coefficient (Wildman–Crippen LogP) is 4.82. The average molecular weight is 410 g/mol. The summed E-state index contributed by atoms with van der Waals surface area (Å²) in [5.41, 5.74) is 2.63. The molecule has 0 aliphatic rings. The molecule has 0 saturated carbocycles. The van der Waals surface area contributed by atoms with Gasteiger partial charge in [-0.25, -0.2) is 4.79 Å². The Bertz CT molecular complexity index is 1270. The molecule has 1 aromatic heterocycles. The number of ether oxygens (including phenoxy) is 1. The molecule has 4 rings (SSSR count). The van der Waals surface area contributed by atoms with Crippen molar-refractivity contribution in [2.75, 3.05) is 6.61 Å². The summed E-state index contributed by atoms with van der Waals surface area (Å²) in [4.78, 5) is 28.7. The first-order valence-corrected chi connectivity index (χ1v) is 10.1. The summed E-state index contributed by atoms with van der Waals surface area (Å²) in [6, 6.07) is 23.3. The molecule has 5 heteroatoms. The van der Waals surface area contributed by atoms with E-state index in [4.69, 9.17) is 4.74 Å². The van der Waals surface area contributed by atoms with E-state index >= 15 is 0 Å². The number of para-hydroxylation sites is 1. The highest BCUT2D eigenvalue weighted by atomic mass is 16.5. The largest absolute Gasteiger partial charge is 0.452 e. The molecule has 5 nitrogen and oxygen atoms in total. The van der Waals surface area contributed by atoms with E-state index in [0.717, 1.165) is 32.8 Å². The first-order chi connectivity index (χ1) is 15.1. The van der Waals surface area contributed by atoms with Crippen molar-refractivity contribution in [3.05, 3.63) is 96.2 Å². The van der Waals surface area contributed by atoms with E-state index in [1.165, 1.54) is 6.08 Å². The van der Waals surface area contributed by atoms with Crippen LogP contribution in [0, 0.1) is 0 Å². The highest BCUT2D eigenvalue weighted by Crippen LogP contribution is 2.24. The monoisotopic (exact) mass is 410 g/mol. The van der Waals surface area contributed by atoms with Crippen LogP contribution in [-0.4, -0.2) is 23.5 Å². The van der Waals surface area contributed by atoms with E-state index in [9.17, 15) is 9.59 Å². The molecule has 1 heterocycles. The molecule has 4 aromatic rings. The van der Waals surface area contributed by atoms with Crippen molar-refractivity contribution in [2.24, 2.45) is 0 Å². The number of carbonyl (C=O) groups is 2. The third kappa shape index (κ3) is 4.78. The van der Waals surface area contributed by atoms with Crippen LogP contribution in [0.1, 0.15) is 24.1 Å². The van der Waals surface area contributed by atoms with Crippen LogP contribution in [0.15, 0.2) is 85.1 Å². The Balaban J connectivity index is 1.35. The zero-order valence-corrected chi connectivity index (χ0v) is 17.1. The molecule has 0 radical (unpaired) electrons. The highest BCUT2D eigenvalue weighted by Gasteiger charge is 2.13. The lowest BCUT2D eigenvalue weighted by atomic mass is 10.00. The first kappa shape index (κ1) is 20.3. The molecule has 3 aromatic carbocycles. The van der Waals surface area contributed by atoms with Crippen LogP contribution in [0.5, 0.6) is 0 Å². The zero-order chi connectivity index (χ0) is 21.6. The summed E-state index contributed by atoms with van der Waals surface area (Å²) in [7, 11) is 0. The van der Waals surface area contributed by atoms with Gasteiger partial charge >= 0.3 is 5.97 Å². The van der Waals surface area contributed by atoms with Gasteiger partial charge in [0, 0.05) is 23.2 Å². The van der Waals surface area contributed by atoms with Crippen molar-refractivity contribution < 1.29 is 14.3 Å². The lowest BCUT2D eigenvalue weighted by Crippen LogP contribution is -2.31. The number of esters is 1. The van der Waals surface area contributed by atoms with E-state index in [1.807, 2.05) is 79.7 Å². The van der Waals surface area contributed by atoms with E-state index in [2.05, 4.69) is 10.3 Å². The van der Waals surface area contributed by atoms with Gasteiger partial charge in [-0.3, -0.25) is 9.78 Å². The topological polar surface area (TPSA) is 68.3 Å². The number of rotatable bonds is 6. The molecule has 0 bridgehead atoms. The zero-order valence-electron chi connectivity index (χ0n) is 17.1. The number of nitrogens with zero attached hydrogens (tertiary/aromatic N) is 1. The summed E-state index contributed by atoms with van der Waals surface area (Å²) in [6.45, 7) is 1.57. The predicted molar refractivity (Wildman–Crippen MR) is 122 cm³/mol. The van der Waals surface area contributed by atoms with Crippen LogP contribution >= 0.6 is 0 Å². The van der Waals surface area contributed by atoms with Crippen molar-refractivity contribution in [2.45, 2.75) is 13.0 Å². The first-order valence-electron chi connectivity index (χ1n) is 10.1. The van der Waals surface area contributed by atoms with Gasteiger partial charge in [-0.1, -0.05) is 66.7 Å². The maximum Gasteiger partial charge on any atom is 0.331 e. The Morgan fingerprint density at radius 2 is 1.71 bits per heavy atom. The van der Waals surface area contributed by atoms with Crippen LogP contribution in [0.3, 0.4) is 0 Å². The van der Waals surface area contributed by atoms with Crippen LogP contribution < -0.4 is 5.32 Å². The van der Waals surface area contributed by atoms with Crippen LogP contribution in [0.25, 0.3) is 27.8 Å². The molecule has 0 fully saturated rings. The lowest BCUT2D eigenvalue weighted by Gasteiger charge is -2.16. The fourth-order valence-corrected chi connectivity index (χ4v) is 3.59. The second-order valence-corrected chi connectivity index (χ2v) is 7.22. The molecule has 0 aliphatic carbocycles. The maximum atomic E-state index is 12.3. The molecule has 31 heavy (non-hydrogen) atoms. The average Bonchev–Trinajstić information content (AvgIpc) is 2.81. The van der Waals surface area contributed by atoms with Crippen LogP contribution in [0.2, 0.25) is 0 Å². The van der Waals surface area contributed by atoms with Gasteiger partial charge in [0.15, 0.2) is 6.61 Å². The molecule has 154 valence electrons. The second kappa shape index (κ2) is 9.22. The fraction of sp³-hybridized carbons (Fsp3) is 0.115. The number of carbonyl (C=O) groups excluding carboxylic acids is 2. The Morgan fingerprint density at radius 1 is 0.968 bits per heavy atom. The molecule has 0 spiro atoms. The van der Waals surface area contributed by atoms with Gasteiger partial charge in [-0.2, -0.15) is 0 Å². The summed E-state index contributed by atoms with van der Waals surface area (Å²) < 4.78 is 5.10. The number of pyridine rings is 1. The summed E-state index contributed by atoms with van der Waals surface area (Å²) in [5.74, 6) is -0.935. The van der Waals surface area contributed by atoms with Crippen molar-refractivity contribution in [3.63, 3.8) is 0 Å². The van der Waals surface area contributed by atoms with Crippen LogP contribution in [0.4, 0.5) is 0 Å². The van der Waals surface area contributed by atoms with Crippen molar-refractivity contribution >= 4 is 39.6 Å². The Hall–Kier alpha value is -3.99. The van der Waals surface area contributed by atoms with Gasteiger partial charge in [0.05, 0.1) is 11.6 Å². The number of hydrogen-bond acceptors (Lipinski definition) is 4. The fourth-order valence-electron chi connectivity index (χ4n) is 3.59. The standard InChI is InChI=1S/C26H22N2O3/c1-18(22-13-5-8-19-7-2-3-12-23(19)22)28-24(29)17-31-25(30)15-14-21-10-4-9-20-11-6-16-27-26(20)21/h2-16,18H,17H2,1H3,(H,28,29)/b15-14-/t18-/m1/s1. The molecular formula is C26H22N2O3. The highest BCUT2D eigenvalue weighted by molar-refractivity contribution is 5.94. The molecular weight excluding hydrogens is 388 g/mol. The van der Waals surface area contributed by atoms with Crippen LogP contribution in [-0.2, 0) is 14.3 Å². The van der Waals surface area contributed by atoms with Gasteiger partial charge in [-0.15, -0.1) is 0 Å². The minimum Gasteiger partial charge on any atom is -0.452 e. The number of amides is 1. The minimum absolute atomic E-state index is 0.213. The normalized spacial score (nSPS) is 12.2. The molecule has 1 amide bonds. The summed E-state index contributed by atoms with van der Waals surface area (Å²) in [5, 5.41) is 6.07. The molecule has 0 unspecified atom stereocenters. The Morgan fingerprint density at radius 3 is 2.61 bits per heavy atom. The van der Waals surface area contributed by atoms with E-state index in [-0.39, 0.29) is 18.6 Å². The lowest BCUT2D eigenvalue weighted by molar-refractivity contribution is -0.144. The second-order valence-electron chi connectivity index (χ2n) is 7.22. The van der Waals surface area contributed by atoms with Gasteiger partial charge in [0.25, 0.3) is 5.91 Å². The number of aromatic nitrogens is 1. The minimum atomic E-state index is -0.583. The van der Waals surface area contributed by atoms with Gasteiger partial charge in [0.1, 0.15) is 0 Å². The number of hydrogen-bond donors (Lipinski definition) is 1. The van der Waals surface area contributed by atoms with E-state index < -0.39 is 5.97 Å². The molecule has 0 saturated heterocycles. The van der Waals surface area contributed by atoms with E-state index in [1.54, 1.807) is 12.3 Å². The van der Waals surface area contributed by atoms with Crippen molar-refractivity contribution in [1.29, 1.82) is 0 Å². The van der Waals surface area contributed by atoms with Gasteiger partial charge in [-0.05, 0) is 35.4 Å².